The minimum atomic E-state index is -1.04. The zero-order chi connectivity index (χ0) is 22.4. The van der Waals surface area contributed by atoms with E-state index in [0.29, 0.717) is 0 Å². The van der Waals surface area contributed by atoms with Crippen LogP contribution in [0.1, 0.15) is 12.0 Å². The van der Waals surface area contributed by atoms with Crippen molar-refractivity contribution >= 4 is 29.1 Å². The van der Waals surface area contributed by atoms with Gasteiger partial charge in [-0.3, -0.25) is 29.4 Å². The number of carbonyl (C=O) groups is 3. The highest BCUT2D eigenvalue weighted by Gasteiger charge is 2.61. The number of hydrogen-bond acceptors (Lipinski definition) is 5. The van der Waals surface area contributed by atoms with Crippen LogP contribution in [-0.2, 0) is 20.8 Å². The molecule has 0 aromatic heterocycles. The zero-order valence-electron chi connectivity index (χ0n) is 17.1. The number of non-ortho nitro benzene ring substituents is 1. The molecular formula is C24H21N3O5. The number of allylic oxidation sites excluding steroid dienone is 2. The second kappa shape index (κ2) is 7.71. The third-order valence-electron chi connectivity index (χ3n) is 6.72. The lowest BCUT2D eigenvalue weighted by Gasteiger charge is -2.27. The van der Waals surface area contributed by atoms with E-state index in [4.69, 9.17) is 0 Å². The predicted molar refractivity (Wildman–Crippen MR) is 115 cm³/mol. The molecule has 1 N–H and O–H groups in total. The number of rotatable bonds is 6. The fourth-order valence-corrected chi connectivity index (χ4v) is 5.29. The van der Waals surface area contributed by atoms with Crippen molar-refractivity contribution in [2.24, 2.45) is 23.7 Å². The number of carbonyl (C=O) groups excluding carboxylic acids is 3. The summed E-state index contributed by atoms with van der Waals surface area (Å²) in [4.78, 5) is 51.6. The first-order chi connectivity index (χ1) is 15.4. The maximum Gasteiger partial charge on any atom is 0.271 e. The van der Waals surface area contributed by atoms with Crippen molar-refractivity contribution in [3.63, 3.8) is 0 Å². The number of fused-ring (bicyclic) bond motifs is 5. The van der Waals surface area contributed by atoms with E-state index in [2.05, 4.69) is 5.32 Å². The molecule has 0 spiro atoms. The van der Waals surface area contributed by atoms with Crippen LogP contribution in [0.4, 0.5) is 11.4 Å². The fraction of sp³-hybridized carbons (Fsp3) is 0.292. The quantitative estimate of drug-likeness (QED) is 0.327. The molecule has 8 heteroatoms. The molecule has 0 radical (unpaired) electrons. The van der Waals surface area contributed by atoms with E-state index in [9.17, 15) is 24.5 Å². The van der Waals surface area contributed by atoms with Crippen molar-refractivity contribution in [3.8, 4) is 0 Å². The Balaban J connectivity index is 1.45. The van der Waals surface area contributed by atoms with Crippen molar-refractivity contribution in [2.75, 3.05) is 5.32 Å². The van der Waals surface area contributed by atoms with Gasteiger partial charge in [-0.25, -0.2) is 0 Å². The summed E-state index contributed by atoms with van der Waals surface area (Å²) in [6.07, 6.45) is 5.00. The maximum atomic E-state index is 13.3. The molecule has 5 atom stereocenters. The Hall–Kier alpha value is -3.81. The summed E-state index contributed by atoms with van der Waals surface area (Å²) in [6.45, 7) is 0. The summed E-state index contributed by atoms with van der Waals surface area (Å²) < 4.78 is 0. The van der Waals surface area contributed by atoms with Crippen molar-refractivity contribution in [1.82, 2.24) is 4.90 Å². The number of imide groups is 1. The van der Waals surface area contributed by atoms with Gasteiger partial charge >= 0.3 is 0 Å². The number of nitro groups is 1. The summed E-state index contributed by atoms with van der Waals surface area (Å²) in [5.41, 5.74) is 0.890. The fourth-order valence-electron chi connectivity index (χ4n) is 5.29. The number of amides is 3. The molecule has 3 amide bonds. The second-order valence-electron chi connectivity index (χ2n) is 8.55. The standard InChI is InChI=1S/C24H21N3O5/c28-22(25-17-7-4-8-18(13-17)27(31)32)19(11-14-5-2-1-3-6-14)26-23(29)20-15-9-10-16(12-15)21(20)24(26)30/h1-10,13,15-16,19-21H,11-12H2,(H,25,28)/t15-,16+,19-,20+,21+/m1/s1. The lowest BCUT2D eigenvalue weighted by atomic mass is 9.85. The van der Waals surface area contributed by atoms with E-state index in [1.165, 1.54) is 24.3 Å². The Labute approximate surface area is 184 Å². The zero-order valence-corrected chi connectivity index (χ0v) is 17.1. The molecule has 1 aliphatic heterocycles. The molecule has 2 bridgehead atoms. The topological polar surface area (TPSA) is 110 Å². The van der Waals surface area contributed by atoms with Gasteiger partial charge in [0.1, 0.15) is 6.04 Å². The van der Waals surface area contributed by atoms with Gasteiger partial charge < -0.3 is 5.32 Å². The molecular weight excluding hydrogens is 410 g/mol. The van der Waals surface area contributed by atoms with E-state index in [1.807, 2.05) is 42.5 Å². The van der Waals surface area contributed by atoms with E-state index >= 15 is 0 Å². The average Bonchev–Trinajstić information content (AvgIpc) is 3.47. The van der Waals surface area contributed by atoms with Crippen LogP contribution in [0.2, 0.25) is 0 Å². The Morgan fingerprint density at radius 1 is 1.03 bits per heavy atom. The Bertz CT molecular complexity index is 1120. The van der Waals surface area contributed by atoms with Gasteiger partial charge in [0.25, 0.3) is 5.69 Å². The van der Waals surface area contributed by atoms with Crippen LogP contribution in [-0.4, -0.2) is 33.6 Å². The average molecular weight is 431 g/mol. The number of hydrogen-bond donors (Lipinski definition) is 1. The Morgan fingerprint density at radius 2 is 1.69 bits per heavy atom. The lowest BCUT2D eigenvalue weighted by molar-refractivity contribution is -0.384. The number of nitrogens with zero attached hydrogens (tertiary/aromatic N) is 2. The van der Waals surface area contributed by atoms with Crippen molar-refractivity contribution in [2.45, 2.75) is 18.9 Å². The molecule has 1 heterocycles. The first kappa shape index (κ1) is 20.1. The van der Waals surface area contributed by atoms with Crippen LogP contribution in [0.15, 0.2) is 66.7 Å². The Morgan fingerprint density at radius 3 is 2.31 bits per heavy atom. The summed E-state index contributed by atoms with van der Waals surface area (Å²) in [5.74, 6) is -1.86. The maximum absolute atomic E-state index is 13.3. The predicted octanol–water partition coefficient (Wildman–Crippen LogP) is 2.95. The largest absolute Gasteiger partial charge is 0.324 e. The van der Waals surface area contributed by atoms with E-state index < -0.39 is 28.7 Å². The van der Waals surface area contributed by atoms with E-state index in [0.717, 1.165) is 16.9 Å². The molecule has 2 aromatic rings. The molecule has 8 nitrogen and oxygen atoms in total. The SMILES string of the molecule is O=C(Nc1cccc([N+](=O)[O-])c1)[C@@H](Cc1ccccc1)N1C(=O)[C@@H]2[C@@H](C1=O)[C@H]1C=C[C@@H]2C1. The van der Waals surface area contributed by atoms with Crippen LogP contribution >= 0.6 is 0 Å². The third-order valence-corrected chi connectivity index (χ3v) is 6.72. The van der Waals surface area contributed by atoms with Gasteiger partial charge in [0.2, 0.25) is 17.7 Å². The van der Waals surface area contributed by atoms with Crippen LogP contribution < -0.4 is 5.32 Å². The monoisotopic (exact) mass is 431 g/mol. The molecule has 2 aliphatic carbocycles. The summed E-state index contributed by atoms with van der Waals surface area (Å²) >= 11 is 0. The highest BCUT2D eigenvalue weighted by atomic mass is 16.6. The minimum absolute atomic E-state index is 0.0451. The molecule has 1 saturated heterocycles. The third kappa shape index (κ3) is 3.28. The summed E-state index contributed by atoms with van der Waals surface area (Å²) in [6, 6.07) is 13.7. The van der Waals surface area contributed by atoms with E-state index in [1.54, 1.807) is 0 Å². The minimum Gasteiger partial charge on any atom is -0.324 e. The van der Waals surface area contributed by atoms with Crippen LogP contribution in [0.25, 0.3) is 0 Å². The van der Waals surface area contributed by atoms with Crippen molar-refractivity contribution < 1.29 is 19.3 Å². The molecule has 0 unspecified atom stereocenters. The highest BCUT2D eigenvalue weighted by Crippen LogP contribution is 2.53. The molecule has 5 rings (SSSR count). The van der Waals surface area contributed by atoms with Crippen LogP contribution in [0, 0.1) is 33.8 Å². The smallest absolute Gasteiger partial charge is 0.271 e. The molecule has 2 aromatic carbocycles. The summed E-state index contributed by atoms with van der Waals surface area (Å²) in [7, 11) is 0. The van der Waals surface area contributed by atoms with Gasteiger partial charge in [-0.1, -0.05) is 48.6 Å². The van der Waals surface area contributed by atoms with Crippen LogP contribution in [0.3, 0.4) is 0 Å². The highest BCUT2D eigenvalue weighted by molar-refractivity contribution is 6.11. The number of benzene rings is 2. The van der Waals surface area contributed by atoms with Gasteiger partial charge in [-0.15, -0.1) is 0 Å². The van der Waals surface area contributed by atoms with Gasteiger partial charge in [-0.2, -0.15) is 0 Å². The van der Waals surface area contributed by atoms with Crippen molar-refractivity contribution in [3.05, 3.63) is 82.4 Å². The van der Waals surface area contributed by atoms with Gasteiger partial charge in [0.15, 0.2) is 0 Å². The first-order valence-electron chi connectivity index (χ1n) is 10.6. The first-order valence-corrected chi connectivity index (χ1v) is 10.6. The molecule has 162 valence electrons. The molecule has 1 saturated carbocycles. The van der Waals surface area contributed by atoms with E-state index in [-0.39, 0.29) is 41.4 Å². The second-order valence-corrected chi connectivity index (χ2v) is 8.55. The van der Waals surface area contributed by atoms with Gasteiger partial charge in [0, 0.05) is 24.2 Å². The lowest BCUT2D eigenvalue weighted by Crippen LogP contribution is -2.49. The number of nitrogens with one attached hydrogen (secondary N) is 1. The number of likely N-dealkylation sites (tertiary alicyclic amines) is 1. The number of anilines is 1. The van der Waals surface area contributed by atoms with Crippen molar-refractivity contribution in [1.29, 1.82) is 0 Å². The molecule has 3 aliphatic rings. The molecule has 32 heavy (non-hydrogen) atoms. The van der Waals surface area contributed by atoms with Gasteiger partial charge in [-0.05, 0) is 29.9 Å². The van der Waals surface area contributed by atoms with Gasteiger partial charge in [0.05, 0.1) is 16.8 Å². The summed E-state index contributed by atoms with van der Waals surface area (Å²) in [5, 5.41) is 13.8. The van der Waals surface area contributed by atoms with Crippen LogP contribution in [0.5, 0.6) is 0 Å². The normalized spacial score (nSPS) is 26.3. The Kier molecular flexibility index (Phi) is 4.84. The number of nitro benzene ring substituents is 1. The molecule has 2 fully saturated rings.